The molecule has 1 aromatic rings. The lowest BCUT2D eigenvalue weighted by Crippen LogP contribution is -2.61. The Hall–Kier alpha value is -6.21. The fourth-order valence-corrected chi connectivity index (χ4v) is 7.60. The summed E-state index contributed by atoms with van der Waals surface area (Å²) in [4.78, 5) is 140. The van der Waals surface area contributed by atoms with Gasteiger partial charge in [-0.2, -0.15) is 0 Å². The van der Waals surface area contributed by atoms with Gasteiger partial charge in [-0.1, -0.05) is 27.7 Å². The predicted molar refractivity (Wildman–Crippen MR) is 237 cm³/mol. The second-order valence-electron chi connectivity index (χ2n) is 17.5. The van der Waals surface area contributed by atoms with Crippen LogP contribution in [-0.4, -0.2) is 170 Å². The standard InChI is InChI=1S/C42H68N12O13/c1-21(2)32(40(64)47-23(5)34(58)49-27(16-24-18-44-20-46-24)37(61)53-33(22(3)4)42(66)67)52-39(63)30-12-9-15-54(30)41(65)26(10-6-7-13-43)48-36(60)28(17-31(56)57)50-38(62)29(19-55)51-35(59)25-11-8-14-45-25/h18,20-23,25-30,32-33,45,55H,6-17,19,43H2,1-5H3,(H,44,46)(H,47,64)(H,48,60)(H,49,58)(H,50,62)(H,51,59)(H,52,63)(H,53,61)(H,56,57)(H,66,67). The van der Waals surface area contributed by atoms with Gasteiger partial charge in [0.1, 0.15) is 48.3 Å². The van der Waals surface area contributed by atoms with Gasteiger partial charge in [0.2, 0.25) is 47.3 Å². The van der Waals surface area contributed by atoms with Crippen molar-refractivity contribution in [3.05, 3.63) is 18.2 Å². The number of carbonyl (C=O) groups is 10. The van der Waals surface area contributed by atoms with Crippen molar-refractivity contribution >= 4 is 59.2 Å². The molecule has 0 aliphatic carbocycles. The first-order chi connectivity index (χ1) is 31.7. The van der Waals surface area contributed by atoms with Gasteiger partial charge < -0.3 is 73.5 Å². The van der Waals surface area contributed by atoms with Gasteiger partial charge in [-0.3, -0.25) is 43.2 Å². The first kappa shape index (κ1) is 55.1. The summed E-state index contributed by atoms with van der Waals surface area (Å²) in [7, 11) is 0. The Morgan fingerprint density at radius 3 is 1.94 bits per heavy atom. The lowest BCUT2D eigenvalue weighted by Gasteiger charge is -2.31. The van der Waals surface area contributed by atoms with Crippen molar-refractivity contribution < 1.29 is 63.3 Å². The molecular weight excluding hydrogens is 881 g/mol. The van der Waals surface area contributed by atoms with Crippen molar-refractivity contribution in [2.45, 2.75) is 147 Å². The number of aromatic amines is 1. The number of likely N-dealkylation sites (tertiary alicyclic amines) is 1. The van der Waals surface area contributed by atoms with Crippen LogP contribution in [0.2, 0.25) is 0 Å². The number of amides is 8. The average Bonchev–Trinajstić information content (AvgIpc) is 4.09. The molecule has 0 bridgehead atoms. The molecule has 2 aliphatic rings. The van der Waals surface area contributed by atoms with Crippen molar-refractivity contribution in [2.24, 2.45) is 17.6 Å². The van der Waals surface area contributed by atoms with E-state index in [2.05, 4.69) is 52.5 Å². The summed E-state index contributed by atoms with van der Waals surface area (Å²) < 4.78 is 0. The fraction of sp³-hybridized carbons (Fsp3) is 0.690. The molecule has 0 saturated carbocycles. The number of rotatable bonds is 27. The Morgan fingerprint density at radius 1 is 0.731 bits per heavy atom. The Bertz CT molecular complexity index is 1890. The largest absolute Gasteiger partial charge is 0.481 e. The summed E-state index contributed by atoms with van der Waals surface area (Å²) in [6, 6.07) is -11.3. The Morgan fingerprint density at radius 2 is 1.37 bits per heavy atom. The number of hydrogen-bond donors (Lipinski definition) is 13. The maximum atomic E-state index is 14.2. The van der Waals surface area contributed by atoms with Gasteiger partial charge in [0.15, 0.2) is 0 Å². The molecule has 67 heavy (non-hydrogen) atoms. The smallest absolute Gasteiger partial charge is 0.326 e. The Kier molecular flexibility index (Phi) is 22.1. The topological polar surface area (TPSA) is 386 Å². The molecular formula is C42H68N12O13. The van der Waals surface area contributed by atoms with Crippen LogP contribution in [0.1, 0.15) is 91.7 Å². The first-order valence-corrected chi connectivity index (χ1v) is 22.6. The van der Waals surface area contributed by atoms with Crippen LogP contribution in [0.15, 0.2) is 12.5 Å². The highest BCUT2D eigenvalue weighted by molar-refractivity contribution is 5.99. The first-order valence-electron chi connectivity index (χ1n) is 22.6. The molecule has 0 aromatic carbocycles. The van der Waals surface area contributed by atoms with Gasteiger partial charge >= 0.3 is 11.9 Å². The zero-order chi connectivity index (χ0) is 50.0. The molecule has 25 nitrogen and oxygen atoms in total. The minimum absolute atomic E-state index is 0.0172. The number of nitrogens with zero attached hydrogens (tertiary/aromatic N) is 2. The highest BCUT2D eigenvalue weighted by Crippen LogP contribution is 2.21. The number of nitrogens with one attached hydrogen (secondary N) is 9. The number of hydrogen-bond acceptors (Lipinski definition) is 14. The summed E-state index contributed by atoms with van der Waals surface area (Å²) in [5, 5.41) is 49.5. The van der Waals surface area contributed by atoms with Crippen molar-refractivity contribution in [2.75, 3.05) is 26.2 Å². The lowest BCUT2D eigenvalue weighted by atomic mass is 10.0. The molecule has 374 valence electrons. The van der Waals surface area contributed by atoms with Crippen LogP contribution in [0.5, 0.6) is 0 Å². The lowest BCUT2D eigenvalue weighted by molar-refractivity contribution is -0.144. The number of aromatic nitrogens is 2. The highest BCUT2D eigenvalue weighted by Gasteiger charge is 2.41. The molecule has 14 N–H and O–H groups in total. The fourth-order valence-electron chi connectivity index (χ4n) is 7.60. The van der Waals surface area contributed by atoms with E-state index in [1.165, 1.54) is 24.3 Å². The van der Waals surface area contributed by atoms with Crippen LogP contribution in [0, 0.1) is 11.8 Å². The number of carboxylic acids is 2. The summed E-state index contributed by atoms with van der Waals surface area (Å²) in [5.74, 6) is -10.2. The Balaban J connectivity index is 1.73. The number of carboxylic acid groups (broad SMARTS) is 2. The summed E-state index contributed by atoms with van der Waals surface area (Å²) in [5.41, 5.74) is 6.14. The van der Waals surface area contributed by atoms with E-state index in [0.717, 1.165) is 6.42 Å². The van der Waals surface area contributed by atoms with E-state index in [1.54, 1.807) is 27.7 Å². The number of aliphatic hydroxyl groups excluding tert-OH is 1. The normalized spacial score (nSPS) is 18.9. The van der Waals surface area contributed by atoms with E-state index >= 15 is 0 Å². The molecule has 1 aromatic heterocycles. The SMILES string of the molecule is CC(NC(=O)C(NC(=O)C1CCCN1C(=O)C(CCCCN)NC(=O)C(CC(=O)O)NC(=O)C(CO)NC(=O)C1CCCN1)C(C)C)C(=O)NC(Cc1cnc[nH]1)C(=O)NC(C(=O)O)C(C)C. The third-order valence-electron chi connectivity index (χ3n) is 11.4. The molecule has 2 fully saturated rings. The van der Waals surface area contributed by atoms with Crippen LogP contribution in [-0.2, 0) is 54.4 Å². The molecule has 0 radical (unpaired) electrons. The monoisotopic (exact) mass is 949 g/mol. The number of H-pyrrole nitrogens is 1. The van der Waals surface area contributed by atoms with E-state index in [-0.39, 0.29) is 32.4 Å². The van der Waals surface area contributed by atoms with Gasteiger partial charge in [-0.25, -0.2) is 9.78 Å². The second-order valence-corrected chi connectivity index (χ2v) is 17.5. The van der Waals surface area contributed by atoms with Crippen molar-refractivity contribution in [1.82, 2.24) is 57.4 Å². The predicted octanol–water partition coefficient (Wildman–Crippen LogP) is -3.90. The average molecular weight is 949 g/mol. The minimum atomic E-state index is -1.74. The van der Waals surface area contributed by atoms with Crippen molar-refractivity contribution in [3.8, 4) is 0 Å². The number of unbranched alkanes of at least 4 members (excludes halogenated alkanes) is 1. The maximum Gasteiger partial charge on any atom is 0.326 e. The molecule has 25 heteroatoms. The molecule has 3 rings (SSSR count). The maximum absolute atomic E-state index is 14.2. The zero-order valence-corrected chi connectivity index (χ0v) is 38.6. The van der Waals surface area contributed by atoms with E-state index < -0.39 is 138 Å². The molecule has 2 saturated heterocycles. The quantitative estimate of drug-likeness (QED) is 0.0375. The van der Waals surface area contributed by atoms with Gasteiger partial charge in [0, 0.05) is 24.9 Å². The van der Waals surface area contributed by atoms with Gasteiger partial charge in [0.05, 0.1) is 25.4 Å². The number of aliphatic hydroxyl groups is 1. The van der Waals surface area contributed by atoms with Crippen molar-refractivity contribution in [1.29, 1.82) is 0 Å². The molecule has 0 spiro atoms. The molecule has 9 unspecified atom stereocenters. The number of nitrogens with two attached hydrogens (primary N) is 1. The minimum Gasteiger partial charge on any atom is -0.481 e. The third kappa shape index (κ3) is 16.9. The van der Waals surface area contributed by atoms with Crippen LogP contribution < -0.4 is 48.3 Å². The number of imidazole rings is 1. The van der Waals surface area contributed by atoms with Gasteiger partial charge in [-0.15, -0.1) is 0 Å². The van der Waals surface area contributed by atoms with Gasteiger partial charge in [-0.05, 0) is 76.8 Å². The van der Waals surface area contributed by atoms with Crippen LogP contribution in [0.25, 0.3) is 0 Å². The molecule has 2 aliphatic heterocycles. The highest BCUT2D eigenvalue weighted by atomic mass is 16.4. The summed E-state index contributed by atoms with van der Waals surface area (Å²) in [6.07, 6.45) is 4.33. The third-order valence-corrected chi connectivity index (χ3v) is 11.4. The van der Waals surface area contributed by atoms with Gasteiger partial charge in [0.25, 0.3) is 0 Å². The van der Waals surface area contributed by atoms with Crippen LogP contribution in [0.4, 0.5) is 0 Å². The zero-order valence-electron chi connectivity index (χ0n) is 38.6. The van der Waals surface area contributed by atoms with Crippen molar-refractivity contribution in [3.63, 3.8) is 0 Å². The number of carbonyl (C=O) groups excluding carboxylic acids is 8. The van der Waals surface area contributed by atoms with E-state index in [0.29, 0.717) is 37.9 Å². The molecule has 9 atom stereocenters. The number of aliphatic carboxylic acids is 2. The van der Waals surface area contributed by atoms with E-state index in [9.17, 15) is 63.3 Å². The second kappa shape index (κ2) is 26.8. The van der Waals surface area contributed by atoms with E-state index in [1.807, 2.05) is 0 Å². The molecule has 3 heterocycles. The molecule has 8 amide bonds. The summed E-state index contributed by atoms with van der Waals surface area (Å²) in [6.45, 7) is 7.90. The van der Waals surface area contributed by atoms with Crippen LogP contribution >= 0.6 is 0 Å². The summed E-state index contributed by atoms with van der Waals surface area (Å²) >= 11 is 0. The van der Waals surface area contributed by atoms with E-state index in [4.69, 9.17) is 5.73 Å². The Labute approximate surface area is 388 Å². The van der Waals surface area contributed by atoms with Crippen LogP contribution in [0.3, 0.4) is 0 Å².